The Morgan fingerprint density at radius 1 is 1.00 bits per heavy atom. The van der Waals surface area contributed by atoms with Gasteiger partial charge in [-0.1, -0.05) is 50.2 Å². The lowest BCUT2D eigenvalue weighted by atomic mass is 9.73. The summed E-state index contributed by atoms with van der Waals surface area (Å²) in [6.07, 6.45) is 2.38. The molecule has 33 heavy (non-hydrogen) atoms. The SMILES string of the molecule is CC1(C)CC(=O)c2c(nc3c(c(C#N)cn3Cc3ccccc3)c2-c2c(F)cccc2F)C1. The highest BCUT2D eigenvalue weighted by Crippen LogP contribution is 2.44. The second kappa shape index (κ2) is 7.63. The molecule has 0 saturated heterocycles. The van der Waals surface area contributed by atoms with Gasteiger partial charge in [-0.05, 0) is 29.5 Å². The van der Waals surface area contributed by atoms with Crippen molar-refractivity contribution in [3.63, 3.8) is 0 Å². The van der Waals surface area contributed by atoms with Crippen molar-refractivity contribution in [3.8, 4) is 17.2 Å². The van der Waals surface area contributed by atoms with Crippen molar-refractivity contribution < 1.29 is 13.6 Å². The number of hydrogen-bond donors (Lipinski definition) is 0. The van der Waals surface area contributed by atoms with Crippen LogP contribution in [0, 0.1) is 28.4 Å². The first kappa shape index (κ1) is 21.0. The number of Topliss-reactive ketones (excluding diaryl/α,β-unsaturated/α-hetero) is 1. The van der Waals surface area contributed by atoms with Crippen LogP contribution < -0.4 is 0 Å². The average molecular weight is 441 g/mol. The Morgan fingerprint density at radius 3 is 2.36 bits per heavy atom. The number of aromatic nitrogens is 2. The van der Waals surface area contributed by atoms with Crippen molar-refractivity contribution in [1.82, 2.24) is 9.55 Å². The topological polar surface area (TPSA) is 58.7 Å². The van der Waals surface area contributed by atoms with Gasteiger partial charge in [-0.3, -0.25) is 4.79 Å². The highest BCUT2D eigenvalue weighted by atomic mass is 19.1. The number of nitriles is 1. The lowest BCUT2D eigenvalue weighted by Crippen LogP contribution is -2.29. The van der Waals surface area contributed by atoms with Crippen LogP contribution in [-0.4, -0.2) is 15.3 Å². The third-order valence-electron chi connectivity index (χ3n) is 6.17. The molecule has 2 aromatic heterocycles. The quantitative estimate of drug-likeness (QED) is 0.388. The van der Waals surface area contributed by atoms with Crippen LogP contribution in [0.1, 0.15) is 47.4 Å². The Kier molecular flexibility index (Phi) is 4.86. The molecule has 1 aliphatic rings. The first-order chi connectivity index (χ1) is 15.8. The molecule has 6 heteroatoms. The molecule has 0 amide bonds. The number of pyridine rings is 1. The van der Waals surface area contributed by atoms with E-state index in [1.807, 2.05) is 48.7 Å². The largest absolute Gasteiger partial charge is 0.327 e. The summed E-state index contributed by atoms with van der Waals surface area (Å²) in [6, 6.07) is 15.4. The third kappa shape index (κ3) is 3.50. The molecule has 4 aromatic rings. The van der Waals surface area contributed by atoms with Gasteiger partial charge >= 0.3 is 0 Å². The van der Waals surface area contributed by atoms with E-state index in [0.717, 1.165) is 5.56 Å². The first-order valence-corrected chi connectivity index (χ1v) is 10.8. The molecule has 0 spiro atoms. The summed E-state index contributed by atoms with van der Waals surface area (Å²) < 4.78 is 31.9. The summed E-state index contributed by atoms with van der Waals surface area (Å²) >= 11 is 0. The molecule has 0 saturated carbocycles. The zero-order chi connectivity index (χ0) is 23.3. The van der Waals surface area contributed by atoms with Gasteiger partial charge in [0, 0.05) is 35.7 Å². The maximum Gasteiger partial charge on any atom is 0.165 e. The number of fused-ring (bicyclic) bond motifs is 2. The Morgan fingerprint density at radius 2 is 1.70 bits per heavy atom. The zero-order valence-corrected chi connectivity index (χ0v) is 18.3. The molecule has 0 unspecified atom stereocenters. The number of rotatable bonds is 3. The first-order valence-electron chi connectivity index (χ1n) is 10.8. The van der Waals surface area contributed by atoms with E-state index in [0.29, 0.717) is 29.7 Å². The molecule has 4 nitrogen and oxygen atoms in total. The van der Waals surface area contributed by atoms with Crippen LogP contribution in [0.5, 0.6) is 0 Å². The minimum absolute atomic E-state index is 0.134. The monoisotopic (exact) mass is 441 g/mol. The molecule has 1 aliphatic carbocycles. The van der Waals surface area contributed by atoms with E-state index < -0.39 is 11.6 Å². The van der Waals surface area contributed by atoms with Crippen LogP contribution in [0.2, 0.25) is 0 Å². The molecule has 0 bridgehead atoms. The summed E-state index contributed by atoms with van der Waals surface area (Å²) in [6.45, 7) is 4.39. The van der Waals surface area contributed by atoms with E-state index in [-0.39, 0.29) is 39.9 Å². The average Bonchev–Trinajstić information content (AvgIpc) is 3.10. The number of hydrogen-bond acceptors (Lipinski definition) is 3. The Bertz CT molecular complexity index is 1440. The molecule has 164 valence electrons. The van der Waals surface area contributed by atoms with Crippen LogP contribution in [0.4, 0.5) is 8.78 Å². The second-order valence-electron chi connectivity index (χ2n) is 9.31. The number of nitrogens with zero attached hydrogens (tertiary/aromatic N) is 3. The second-order valence-corrected chi connectivity index (χ2v) is 9.31. The Hall–Kier alpha value is -3.85. The number of ketones is 1. The van der Waals surface area contributed by atoms with Gasteiger partial charge in [0.2, 0.25) is 0 Å². The number of benzene rings is 2. The van der Waals surface area contributed by atoms with Gasteiger partial charge < -0.3 is 4.57 Å². The fourth-order valence-corrected chi connectivity index (χ4v) is 4.80. The fraction of sp³-hybridized carbons (Fsp3) is 0.222. The van der Waals surface area contributed by atoms with Gasteiger partial charge in [-0.2, -0.15) is 5.26 Å². The molecular formula is C27H21F2N3O. The zero-order valence-electron chi connectivity index (χ0n) is 18.3. The lowest BCUT2D eigenvalue weighted by molar-refractivity contribution is 0.0911. The third-order valence-corrected chi connectivity index (χ3v) is 6.17. The van der Waals surface area contributed by atoms with E-state index in [1.165, 1.54) is 18.2 Å². The van der Waals surface area contributed by atoms with E-state index in [1.54, 1.807) is 6.20 Å². The number of halogens is 2. The minimum atomic E-state index is -0.776. The van der Waals surface area contributed by atoms with Gasteiger partial charge in [0.05, 0.1) is 16.8 Å². The fourth-order valence-electron chi connectivity index (χ4n) is 4.80. The normalized spacial score (nSPS) is 14.8. The van der Waals surface area contributed by atoms with Crippen LogP contribution in [0.3, 0.4) is 0 Å². The predicted molar refractivity (Wildman–Crippen MR) is 122 cm³/mol. The predicted octanol–water partition coefficient (Wildman–Crippen LogP) is 6.06. The minimum Gasteiger partial charge on any atom is -0.327 e. The van der Waals surface area contributed by atoms with Crippen molar-refractivity contribution in [2.45, 2.75) is 33.2 Å². The van der Waals surface area contributed by atoms with Gasteiger partial charge in [-0.15, -0.1) is 0 Å². The number of carbonyl (C=O) groups excluding carboxylic acids is 1. The lowest BCUT2D eigenvalue weighted by Gasteiger charge is -2.31. The summed E-state index contributed by atoms with van der Waals surface area (Å²) in [5.41, 5.74) is 1.91. The van der Waals surface area contributed by atoms with Crippen molar-refractivity contribution >= 4 is 16.8 Å². The van der Waals surface area contributed by atoms with E-state index in [4.69, 9.17) is 4.98 Å². The van der Waals surface area contributed by atoms with Gasteiger partial charge in [0.1, 0.15) is 23.4 Å². The van der Waals surface area contributed by atoms with Crippen LogP contribution >= 0.6 is 0 Å². The summed E-state index contributed by atoms with van der Waals surface area (Å²) in [5.74, 6) is -1.77. The molecular weight excluding hydrogens is 420 g/mol. The maximum absolute atomic E-state index is 15.0. The van der Waals surface area contributed by atoms with Crippen molar-refractivity contribution in [3.05, 3.63) is 88.7 Å². The molecule has 0 aliphatic heterocycles. The van der Waals surface area contributed by atoms with Crippen LogP contribution in [0.15, 0.2) is 54.7 Å². The van der Waals surface area contributed by atoms with Gasteiger partial charge in [0.25, 0.3) is 0 Å². The summed E-state index contributed by atoms with van der Waals surface area (Å²) in [7, 11) is 0. The van der Waals surface area contributed by atoms with Crippen molar-refractivity contribution in [2.75, 3.05) is 0 Å². The van der Waals surface area contributed by atoms with E-state index in [9.17, 15) is 10.1 Å². The summed E-state index contributed by atoms with van der Waals surface area (Å²) in [5, 5.41) is 10.2. The molecule has 2 aromatic carbocycles. The van der Waals surface area contributed by atoms with Gasteiger partial charge in [0.15, 0.2) is 5.78 Å². The Balaban J connectivity index is 1.90. The molecule has 0 N–H and O–H groups in total. The smallest absolute Gasteiger partial charge is 0.165 e. The molecule has 0 radical (unpaired) electrons. The molecule has 2 heterocycles. The number of carbonyl (C=O) groups is 1. The highest BCUT2D eigenvalue weighted by Gasteiger charge is 2.37. The Labute approximate surface area is 190 Å². The molecule has 0 atom stereocenters. The van der Waals surface area contributed by atoms with Crippen LogP contribution in [-0.2, 0) is 13.0 Å². The highest BCUT2D eigenvalue weighted by molar-refractivity contribution is 6.12. The van der Waals surface area contributed by atoms with Gasteiger partial charge in [-0.25, -0.2) is 13.8 Å². The van der Waals surface area contributed by atoms with E-state index >= 15 is 8.78 Å². The van der Waals surface area contributed by atoms with Crippen molar-refractivity contribution in [1.29, 1.82) is 5.26 Å². The van der Waals surface area contributed by atoms with E-state index in [2.05, 4.69) is 6.07 Å². The molecule has 5 rings (SSSR count). The van der Waals surface area contributed by atoms with Crippen LogP contribution in [0.25, 0.3) is 22.2 Å². The maximum atomic E-state index is 15.0. The van der Waals surface area contributed by atoms with Crippen molar-refractivity contribution in [2.24, 2.45) is 5.41 Å². The summed E-state index contributed by atoms with van der Waals surface area (Å²) in [4.78, 5) is 18.1. The standard InChI is InChI=1S/C27H21F2N3O/c1-27(2)11-20-24(21(33)12-27)25(23-18(28)9-6-10-19(23)29)22-17(13-30)15-32(26(22)31-20)14-16-7-4-3-5-8-16/h3-10,15H,11-12,14H2,1-2H3. The molecule has 0 fully saturated rings.